The van der Waals surface area contributed by atoms with Crippen LogP contribution in [0.3, 0.4) is 0 Å². The van der Waals surface area contributed by atoms with Gasteiger partial charge in [0.05, 0.1) is 18.0 Å². The van der Waals surface area contributed by atoms with Gasteiger partial charge in [-0.15, -0.1) is 0 Å². The third kappa shape index (κ3) is 3.14. The molecule has 6 heteroatoms. The van der Waals surface area contributed by atoms with Crippen LogP contribution >= 0.6 is 0 Å². The number of hydrogen-bond donors (Lipinski definition) is 1. The van der Waals surface area contributed by atoms with E-state index in [1.165, 1.54) is 23.4 Å². The second-order valence-electron chi connectivity index (χ2n) is 9.05. The Morgan fingerprint density at radius 1 is 1.20 bits per heavy atom. The third-order valence-electron chi connectivity index (χ3n) is 6.81. The van der Waals surface area contributed by atoms with E-state index in [1.807, 2.05) is 19.9 Å². The van der Waals surface area contributed by atoms with E-state index in [0.29, 0.717) is 24.3 Å². The molecule has 0 spiro atoms. The van der Waals surface area contributed by atoms with E-state index in [1.54, 1.807) is 12.1 Å². The van der Waals surface area contributed by atoms with E-state index in [-0.39, 0.29) is 11.7 Å². The topological polar surface area (TPSA) is 44.8 Å². The molecule has 158 valence electrons. The fourth-order valence-corrected chi connectivity index (χ4v) is 5.31. The fourth-order valence-electron chi connectivity index (χ4n) is 5.31. The third-order valence-corrected chi connectivity index (χ3v) is 6.81. The SMILES string of the molecule is CC1(C)C(=O)Nc2cccc3c2N1C1CCN(CCCOc2ccc(F)cc2)CC31. The number of rotatable bonds is 5. The van der Waals surface area contributed by atoms with E-state index in [2.05, 4.69) is 27.2 Å². The lowest BCUT2D eigenvalue weighted by atomic mass is 9.88. The molecule has 2 aromatic rings. The molecule has 2 atom stereocenters. The lowest BCUT2D eigenvalue weighted by Gasteiger charge is -2.47. The van der Waals surface area contributed by atoms with Crippen molar-refractivity contribution in [3.05, 3.63) is 53.8 Å². The molecule has 1 amide bonds. The van der Waals surface area contributed by atoms with E-state index in [9.17, 15) is 9.18 Å². The molecule has 5 rings (SSSR count). The van der Waals surface area contributed by atoms with Crippen molar-refractivity contribution in [1.29, 1.82) is 0 Å². The van der Waals surface area contributed by atoms with Gasteiger partial charge in [0.1, 0.15) is 17.1 Å². The zero-order chi connectivity index (χ0) is 20.9. The molecular formula is C24H28FN3O2. The number of fused-ring (bicyclic) bond motifs is 3. The standard InChI is InChI=1S/C24H28FN3O2/c1-24(2)23(29)26-20-6-3-5-18-19-15-27(13-11-21(19)28(24)22(18)20)12-4-14-30-17-9-7-16(25)8-10-17/h3,5-10,19,21H,4,11-15H2,1-2H3,(H,26,29). The summed E-state index contributed by atoms with van der Waals surface area (Å²) in [6.45, 7) is 7.68. The average Bonchev–Trinajstić information content (AvgIpc) is 3.07. The molecule has 0 bridgehead atoms. The van der Waals surface area contributed by atoms with Gasteiger partial charge in [0, 0.05) is 31.6 Å². The molecule has 3 aliphatic rings. The zero-order valence-electron chi connectivity index (χ0n) is 17.5. The number of piperidine rings is 1. The minimum Gasteiger partial charge on any atom is -0.494 e. The number of hydrogen-bond acceptors (Lipinski definition) is 4. The summed E-state index contributed by atoms with van der Waals surface area (Å²) in [4.78, 5) is 17.6. The first-order valence-corrected chi connectivity index (χ1v) is 10.8. The smallest absolute Gasteiger partial charge is 0.249 e. The molecule has 3 aliphatic heterocycles. The Morgan fingerprint density at radius 3 is 2.80 bits per heavy atom. The molecule has 0 aliphatic carbocycles. The molecule has 1 fully saturated rings. The summed E-state index contributed by atoms with van der Waals surface area (Å²) in [7, 11) is 0. The minimum atomic E-state index is -0.534. The van der Waals surface area contributed by atoms with Crippen LogP contribution in [0.5, 0.6) is 5.75 Å². The minimum absolute atomic E-state index is 0.0770. The van der Waals surface area contributed by atoms with Gasteiger partial charge in [0.25, 0.3) is 0 Å². The maximum Gasteiger partial charge on any atom is 0.249 e. The molecule has 0 aromatic heterocycles. The predicted molar refractivity (Wildman–Crippen MR) is 116 cm³/mol. The average molecular weight is 410 g/mol. The van der Waals surface area contributed by atoms with E-state index >= 15 is 0 Å². The van der Waals surface area contributed by atoms with Gasteiger partial charge in [-0.2, -0.15) is 0 Å². The van der Waals surface area contributed by atoms with Crippen LogP contribution in [0.15, 0.2) is 42.5 Å². The lowest BCUT2D eigenvalue weighted by molar-refractivity contribution is -0.120. The predicted octanol–water partition coefficient (Wildman–Crippen LogP) is 4.00. The first kappa shape index (κ1) is 19.4. The second kappa shape index (κ2) is 7.27. The quantitative estimate of drug-likeness (QED) is 0.758. The number of halogens is 1. The van der Waals surface area contributed by atoms with Crippen molar-refractivity contribution in [2.24, 2.45) is 0 Å². The van der Waals surface area contributed by atoms with Gasteiger partial charge < -0.3 is 19.9 Å². The summed E-state index contributed by atoms with van der Waals surface area (Å²) in [6, 6.07) is 12.8. The van der Waals surface area contributed by atoms with Gasteiger partial charge in [0.15, 0.2) is 0 Å². The number of carbonyl (C=O) groups excluding carboxylic acids is 1. The van der Waals surface area contributed by atoms with Crippen LogP contribution in [0.2, 0.25) is 0 Å². The number of ether oxygens (including phenoxy) is 1. The highest BCUT2D eigenvalue weighted by Gasteiger charge is 2.52. The molecular weight excluding hydrogens is 381 g/mol. The Kier molecular flexibility index (Phi) is 4.69. The fraction of sp³-hybridized carbons (Fsp3) is 0.458. The Balaban J connectivity index is 1.25. The van der Waals surface area contributed by atoms with Gasteiger partial charge in [-0.05, 0) is 62.6 Å². The molecule has 0 saturated carbocycles. The number of nitrogens with one attached hydrogen (secondary N) is 1. The number of amides is 1. The van der Waals surface area contributed by atoms with E-state index < -0.39 is 5.54 Å². The van der Waals surface area contributed by atoms with Crippen LogP contribution in [0.25, 0.3) is 0 Å². The Morgan fingerprint density at radius 2 is 2.00 bits per heavy atom. The van der Waals surface area contributed by atoms with Gasteiger partial charge >= 0.3 is 0 Å². The molecule has 30 heavy (non-hydrogen) atoms. The summed E-state index contributed by atoms with van der Waals surface area (Å²) < 4.78 is 18.7. The normalized spacial score (nSPS) is 24.2. The van der Waals surface area contributed by atoms with Crippen molar-refractivity contribution in [2.45, 2.75) is 44.2 Å². The van der Waals surface area contributed by atoms with Gasteiger partial charge in [-0.3, -0.25) is 4.79 Å². The van der Waals surface area contributed by atoms with Crippen LogP contribution in [-0.4, -0.2) is 48.6 Å². The number of likely N-dealkylation sites (tertiary alicyclic amines) is 1. The van der Waals surface area contributed by atoms with Crippen LogP contribution in [0.4, 0.5) is 15.8 Å². The molecule has 5 nitrogen and oxygen atoms in total. The first-order chi connectivity index (χ1) is 14.4. The molecule has 0 radical (unpaired) electrons. The highest BCUT2D eigenvalue weighted by Crippen LogP contribution is 2.53. The molecule has 1 saturated heterocycles. The van der Waals surface area contributed by atoms with Crippen molar-refractivity contribution >= 4 is 17.3 Å². The van der Waals surface area contributed by atoms with Crippen molar-refractivity contribution in [3.63, 3.8) is 0 Å². The van der Waals surface area contributed by atoms with Crippen molar-refractivity contribution in [2.75, 3.05) is 36.5 Å². The van der Waals surface area contributed by atoms with Crippen molar-refractivity contribution in [1.82, 2.24) is 4.90 Å². The maximum absolute atomic E-state index is 13.0. The molecule has 3 heterocycles. The Labute approximate surface area is 176 Å². The van der Waals surface area contributed by atoms with Crippen molar-refractivity contribution in [3.8, 4) is 5.75 Å². The number of carbonyl (C=O) groups is 1. The number of para-hydroxylation sites is 1. The largest absolute Gasteiger partial charge is 0.494 e. The number of nitrogens with zero attached hydrogens (tertiary/aromatic N) is 2. The monoisotopic (exact) mass is 409 g/mol. The Bertz CT molecular complexity index is 959. The van der Waals surface area contributed by atoms with E-state index in [0.717, 1.165) is 38.2 Å². The summed E-state index contributed by atoms with van der Waals surface area (Å²) >= 11 is 0. The van der Waals surface area contributed by atoms with Gasteiger partial charge in [-0.25, -0.2) is 4.39 Å². The van der Waals surface area contributed by atoms with Gasteiger partial charge in [-0.1, -0.05) is 12.1 Å². The highest BCUT2D eigenvalue weighted by atomic mass is 19.1. The Hall–Kier alpha value is -2.60. The maximum atomic E-state index is 13.0. The summed E-state index contributed by atoms with van der Waals surface area (Å²) in [5.41, 5.74) is 3.00. The summed E-state index contributed by atoms with van der Waals surface area (Å²) in [6.07, 6.45) is 1.98. The number of benzene rings is 2. The van der Waals surface area contributed by atoms with E-state index in [4.69, 9.17) is 4.74 Å². The molecule has 1 N–H and O–H groups in total. The molecule has 2 aromatic carbocycles. The number of anilines is 2. The van der Waals surface area contributed by atoms with Crippen LogP contribution in [-0.2, 0) is 4.79 Å². The van der Waals surface area contributed by atoms with Crippen molar-refractivity contribution < 1.29 is 13.9 Å². The van der Waals surface area contributed by atoms with Gasteiger partial charge in [0.2, 0.25) is 5.91 Å². The highest BCUT2D eigenvalue weighted by molar-refractivity contribution is 6.07. The van der Waals surface area contributed by atoms with Crippen LogP contribution in [0, 0.1) is 5.82 Å². The first-order valence-electron chi connectivity index (χ1n) is 10.8. The second-order valence-corrected chi connectivity index (χ2v) is 9.05. The zero-order valence-corrected chi connectivity index (χ0v) is 17.5. The summed E-state index contributed by atoms with van der Waals surface area (Å²) in [5, 5.41) is 3.11. The summed E-state index contributed by atoms with van der Waals surface area (Å²) in [5.74, 6) is 0.955. The molecule has 2 unspecified atom stereocenters. The van der Waals surface area contributed by atoms with Crippen LogP contribution < -0.4 is 15.0 Å². The lowest BCUT2D eigenvalue weighted by Crippen LogP contribution is -2.60. The van der Waals surface area contributed by atoms with Crippen LogP contribution in [0.1, 0.15) is 38.2 Å².